The number of nitrogens with one attached hydrogen (secondary N) is 1. The lowest BCUT2D eigenvalue weighted by Crippen LogP contribution is -2.51. The van der Waals surface area contributed by atoms with Crippen molar-refractivity contribution < 1.29 is 14.3 Å². The lowest BCUT2D eigenvalue weighted by atomic mass is 9.99. The van der Waals surface area contributed by atoms with Gasteiger partial charge in [-0.1, -0.05) is 0 Å². The molecule has 0 aliphatic rings. The summed E-state index contributed by atoms with van der Waals surface area (Å²) >= 11 is 0. The average Bonchev–Trinajstić information content (AvgIpc) is 2.37. The number of hydrogen-bond acceptors (Lipinski definition) is 4. The highest BCUT2D eigenvalue weighted by Crippen LogP contribution is 2.30. The van der Waals surface area contributed by atoms with E-state index in [4.69, 9.17) is 15.2 Å². The van der Waals surface area contributed by atoms with Crippen LogP contribution in [0, 0.1) is 0 Å². The summed E-state index contributed by atoms with van der Waals surface area (Å²) in [5.74, 6) is 1.07. The van der Waals surface area contributed by atoms with Crippen LogP contribution in [-0.2, 0) is 4.79 Å². The van der Waals surface area contributed by atoms with Gasteiger partial charge in [0.1, 0.15) is 11.5 Å². The van der Waals surface area contributed by atoms with Gasteiger partial charge in [-0.2, -0.15) is 0 Å². The Labute approximate surface area is 114 Å². The maximum Gasteiger partial charge on any atom is 0.237 e. The predicted octanol–water partition coefficient (Wildman–Crippen LogP) is 1.62. The molecular weight excluding hydrogens is 244 g/mol. The van der Waals surface area contributed by atoms with E-state index in [0.717, 1.165) is 17.1 Å². The Morgan fingerprint density at radius 3 is 2.42 bits per heavy atom. The first kappa shape index (κ1) is 15.3. The molecule has 1 amide bonds. The SMILES string of the molecule is COc1ccc(OC)c(C(C)NC(C)(C)C(N)=O)c1. The Kier molecular flexibility index (Phi) is 4.78. The number of methoxy groups -OCH3 is 2. The molecule has 3 N–H and O–H groups in total. The van der Waals surface area contributed by atoms with Gasteiger partial charge in [-0.25, -0.2) is 0 Å². The second-order valence-corrected chi connectivity index (χ2v) is 4.96. The number of hydrogen-bond donors (Lipinski definition) is 2. The van der Waals surface area contributed by atoms with E-state index < -0.39 is 11.4 Å². The van der Waals surface area contributed by atoms with Crippen molar-refractivity contribution in [1.82, 2.24) is 5.32 Å². The van der Waals surface area contributed by atoms with Gasteiger partial charge in [0.05, 0.1) is 19.8 Å². The third kappa shape index (κ3) is 3.61. The molecule has 1 aromatic carbocycles. The molecule has 1 atom stereocenters. The molecule has 5 nitrogen and oxygen atoms in total. The smallest absolute Gasteiger partial charge is 0.237 e. The van der Waals surface area contributed by atoms with E-state index in [9.17, 15) is 4.79 Å². The zero-order valence-corrected chi connectivity index (χ0v) is 12.1. The average molecular weight is 266 g/mol. The molecule has 0 radical (unpaired) electrons. The number of carbonyl (C=O) groups is 1. The first-order valence-electron chi connectivity index (χ1n) is 6.11. The Balaban J connectivity index is 3.04. The van der Waals surface area contributed by atoms with Crippen LogP contribution in [0.5, 0.6) is 11.5 Å². The first-order valence-corrected chi connectivity index (χ1v) is 6.11. The third-order valence-corrected chi connectivity index (χ3v) is 3.10. The fourth-order valence-corrected chi connectivity index (χ4v) is 1.87. The van der Waals surface area contributed by atoms with Crippen molar-refractivity contribution in [2.45, 2.75) is 32.4 Å². The number of carbonyl (C=O) groups excluding carboxylic acids is 1. The molecule has 5 heteroatoms. The largest absolute Gasteiger partial charge is 0.497 e. The van der Waals surface area contributed by atoms with Gasteiger partial charge in [-0.3, -0.25) is 10.1 Å². The molecule has 0 fully saturated rings. The van der Waals surface area contributed by atoms with Crippen LogP contribution in [0.25, 0.3) is 0 Å². The number of rotatable bonds is 6. The molecule has 0 saturated carbocycles. The van der Waals surface area contributed by atoms with Crippen LogP contribution in [0.4, 0.5) is 0 Å². The molecule has 0 spiro atoms. The Morgan fingerprint density at radius 2 is 1.95 bits per heavy atom. The van der Waals surface area contributed by atoms with E-state index >= 15 is 0 Å². The summed E-state index contributed by atoms with van der Waals surface area (Å²) in [5.41, 5.74) is 5.48. The van der Waals surface area contributed by atoms with Gasteiger partial charge in [0.2, 0.25) is 5.91 Å². The van der Waals surface area contributed by atoms with Crippen LogP contribution < -0.4 is 20.5 Å². The van der Waals surface area contributed by atoms with Crippen molar-refractivity contribution >= 4 is 5.91 Å². The molecule has 19 heavy (non-hydrogen) atoms. The van der Waals surface area contributed by atoms with Crippen molar-refractivity contribution in [3.63, 3.8) is 0 Å². The Morgan fingerprint density at radius 1 is 1.32 bits per heavy atom. The quantitative estimate of drug-likeness (QED) is 0.820. The number of amides is 1. The molecule has 0 saturated heterocycles. The molecule has 0 aromatic heterocycles. The van der Waals surface area contributed by atoms with Gasteiger partial charge in [-0.05, 0) is 39.0 Å². The van der Waals surface area contributed by atoms with Crippen LogP contribution in [0.1, 0.15) is 32.4 Å². The zero-order valence-electron chi connectivity index (χ0n) is 12.1. The van der Waals surface area contributed by atoms with Gasteiger partial charge in [0.15, 0.2) is 0 Å². The summed E-state index contributed by atoms with van der Waals surface area (Å²) in [6.07, 6.45) is 0. The van der Waals surface area contributed by atoms with Crippen molar-refractivity contribution in [3.8, 4) is 11.5 Å². The van der Waals surface area contributed by atoms with E-state index in [2.05, 4.69) is 5.32 Å². The zero-order chi connectivity index (χ0) is 14.6. The van der Waals surface area contributed by atoms with Crippen molar-refractivity contribution in [2.75, 3.05) is 14.2 Å². The van der Waals surface area contributed by atoms with Gasteiger partial charge in [0, 0.05) is 11.6 Å². The molecule has 0 heterocycles. The van der Waals surface area contributed by atoms with Gasteiger partial charge in [-0.15, -0.1) is 0 Å². The Hall–Kier alpha value is -1.75. The standard InChI is InChI=1S/C14H22N2O3/c1-9(16-14(2,3)13(15)17)11-8-10(18-4)6-7-12(11)19-5/h6-9,16H,1-5H3,(H2,15,17). The van der Waals surface area contributed by atoms with E-state index in [1.54, 1.807) is 28.1 Å². The molecule has 0 bridgehead atoms. The minimum atomic E-state index is -0.798. The Bertz CT molecular complexity index is 458. The van der Waals surface area contributed by atoms with Crippen LogP contribution in [-0.4, -0.2) is 25.7 Å². The highest BCUT2D eigenvalue weighted by molar-refractivity contribution is 5.83. The molecule has 1 rings (SSSR count). The second-order valence-electron chi connectivity index (χ2n) is 4.96. The fourth-order valence-electron chi connectivity index (χ4n) is 1.87. The topological polar surface area (TPSA) is 73.6 Å². The number of nitrogens with two attached hydrogens (primary N) is 1. The van der Waals surface area contributed by atoms with Crippen molar-refractivity contribution in [3.05, 3.63) is 23.8 Å². The van der Waals surface area contributed by atoms with Gasteiger partial charge in [0.25, 0.3) is 0 Å². The number of benzene rings is 1. The molecule has 1 unspecified atom stereocenters. The van der Waals surface area contributed by atoms with Crippen molar-refractivity contribution in [1.29, 1.82) is 0 Å². The first-order chi connectivity index (χ1) is 8.81. The number of primary amides is 1. The van der Waals surface area contributed by atoms with Crippen LogP contribution in [0.15, 0.2) is 18.2 Å². The van der Waals surface area contributed by atoms with E-state index in [1.165, 1.54) is 0 Å². The minimum Gasteiger partial charge on any atom is -0.497 e. The highest BCUT2D eigenvalue weighted by atomic mass is 16.5. The van der Waals surface area contributed by atoms with Gasteiger partial charge < -0.3 is 15.2 Å². The number of ether oxygens (including phenoxy) is 2. The highest BCUT2D eigenvalue weighted by Gasteiger charge is 2.27. The molecule has 0 aliphatic heterocycles. The predicted molar refractivity (Wildman–Crippen MR) is 74.4 cm³/mol. The maximum atomic E-state index is 11.4. The fraction of sp³-hybridized carbons (Fsp3) is 0.500. The third-order valence-electron chi connectivity index (χ3n) is 3.10. The normalized spacial score (nSPS) is 12.9. The maximum absolute atomic E-state index is 11.4. The van der Waals surface area contributed by atoms with E-state index in [-0.39, 0.29) is 6.04 Å². The lowest BCUT2D eigenvalue weighted by Gasteiger charge is -2.28. The molecular formula is C14H22N2O3. The summed E-state index contributed by atoms with van der Waals surface area (Å²) < 4.78 is 10.5. The summed E-state index contributed by atoms with van der Waals surface area (Å²) in [6, 6.07) is 5.44. The molecule has 106 valence electrons. The summed E-state index contributed by atoms with van der Waals surface area (Å²) in [5, 5.41) is 3.19. The van der Waals surface area contributed by atoms with Gasteiger partial charge >= 0.3 is 0 Å². The van der Waals surface area contributed by atoms with Crippen LogP contribution in [0.2, 0.25) is 0 Å². The minimum absolute atomic E-state index is 0.104. The van der Waals surface area contributed by atoms with E-state index in [0.29, 0.717) is 0 Å². The summed E-state index contributed by atoms with van der Waals surface area (Å²) in [6.45, 7) is 5.44. The van der Waals surface area contributed by atoms with Crippen LogP contribution in [0.3, 0.4) is 0 Å². The second kappa shape index (κ2) is 5.93. The van der Waals surface area contributed by atoms with Crippen LogP contribution >= 0.6 is 0 Å². The lowest BCUT2D eigenvalue weighted by molar-refractivity contribution is -0.123. The molecule has 1 aromatic rings. The monoisotopic (exact) mass is 266 g/mol. The van der Waals surface area contributed by atoms with E-state index in [1.807, 2.05) is 25.1 Å². The summed E-state index contributed by atoms with van der Waals surface area (Å²) in [4.78, 5) is 11.4. The molecule has 0 aliphatic carbocycles. The summed E-state index contributed by atoms with van der Waals surface area (Å²) in [7, 11) is 3.22. The van der Waals surface area contributed by atoms with Crippen molar-refractivity contribution in [2.24, 2.45) is 5.73 Å².